The Labute approximate surface area is 486 Å². The highest BCUT2D eigenvalue weighted by atomic mass is 16.5. The molecule has 13 aromatic carbocycles. The third kappa shape index (κ3) is 8.52. The van der Waals surface area contributed by atoms with E-state index in [9.17, 15) is 0 Å². The zero-order chi connectivity index (χ0) is 55.5. The number of hydrogen-bond acceptors (Lipinski definition) is 6. The largest absolute Gasteiger partial charge is 0.455 e. The van der Waals surface area contributed by atoms with Gasteiger partial charge in [0.15, 0.2) is 11.5 Å². The highest BCUT2D eigenvalue weighted by Gasteiger charge is 2.29. The number of benzene rings is 13. The van der Waals surface area contributed by atoms with E-state index in [4.69, 9.17) is 13.6 Å². The van der Waals surface area contributed by atoms with Gasteiger partial charge in [-0.1, -0.05) is 206 Å². The Bertz CT molecular complexity index is 4610. The van der Waals surface area contributed by atoms with E-state index in [0.717, 1.165) is 151 Å². The minimum atomic E-state index is 0.773. The molecule has 0 aliphatic carbocycles. The number of para-hydroxylation sites is 8. The monoisotopic (exact) mass is 1080 g/mol. The Balaban J connectivity index is 0.910. The summed E-state index contributed by atoms with van der Waals surface area (Å²) in [6.07, 6.45) is 0. The van der Waals surface area contributed by atoms with E-state index in [2.05, 4.69) is 276 Å². The van der Waals surface area contributed by atoms with Gasteiger partial charge >= 0.3 is 0 Å². The van der Waals surface area contributed by atoms with Gasteiger partial charge in [-0.2, -0.15) is 0 Å². The molecule has 0 radical (unpaired) electrons. The molecule has 84 heavy (non-hydrogen) atoms. The number of rotatable bonds is 11. The predicted octanol–water partition coefficient (Wildman–Crippen LogP) is 22.7. The van der Waals surface area contributed by atoms with Crippen molar-refractivity contribution in [3.63, 3.8) is 0 Å². The van der Waals surface area contributed by atoms with Gasteiger partial charge in [0.25, 0.3) is 0 Å². The first kappa shape index (κ1) is 48.6. The van der Waals surface area contributed by atoms with Gasteiger partial charge in [-0.3, -0.25) is 0 Å². The van der Waals surface area contributed by atoms with Crippen molar-refractivity contribution in [3.8, 4) is 56.0 Å². The summed E-state index contributed by atoms with van der Waals surface area (Å²) >= 11 is 0. The Hall–Kier alpha value is -11.3. The highest BCUT2D eigenvalue weighted by Crippen LogP contribution is 2.53. The summed E-state index contributed by atoms with van der Waals surface area (Å²) in [5.41, 5.74) is 20.9. The number of nitrogens with zero attached hydrogens (tertiary/aromatic N) is 3. The van der Waals surface area contributed by atoms with E-state index in [-0.39, 0.29) is 0 Å². The molecule has 0 N–H and O–H groups in total. The fraction of sp³-hybridized carbons (Fsp3) is 0. The fourth-order valence-electron chi connectivity index (χ4n) is 12.2. The molecule has 0 saturated heterocycles. The van der Waals surface area contributed by atoms with Gasteiger partial charge in [-0.25, -0.2) is 0 Å². The van der Waals surface area contributed by atoms with E-state index >= 15 is 0 Å². The van der Waals surface area contributed by atoms with Crippen molar-refractivity contribution in [2.45, 2.75) is 0 Å². The Morgan fingerprint density at radius 2 is 0.595 bits per heavy atom. The maximum atomic E-state index is 6.66. The van der Waals surface area contributed by atoms with Gasteiger partial charge in [0.05, 0.1) is 28.4 Å². The van der Waals surface area contributed by atoms with Crippen LogP contribution in [-0.4, -0.2) is 0 Å². The van der Waals surface area contributed by atoms with E-state index in [1.54, 1.807) is 0 Å². The van der Waals surface area contributed by atoms with Crippen molar-refractivity contribution >= 4 is 95.1 Å². The van der Waals surface area contributed by atoms with Crippen LogP contribution in [0.4, 0.5) is 51.2 Å². The van der Waals surface area contributed by atoms with Crippen LogP contribution in [0, 0.1) is 0 Å². The Morgan fingerprint density at radius 1 is 0.250 bits per heavy atom. The molecule has 0 bridgehead atoms. The van der Waals surface area contributed by atoms with Crippen LogP contribution in [0.1, 0.15) is 0 Å². The summed E-state index contributed by atoms with van der Waals surface area (Å²) in [5.74, 6) is 1.55. The molecular weight excluding hydrogens is 1030 g/mol. The first-order chi connectivity index (χ1) is 41.6. The summed E-state index contributed by atoms with van der Waals surface area (Å²) < 4.78 is 19.8. The molecule has 3 heterocycles. The van der Waals surface area contributed by atoms with Crippen LogP contribution in [0.2, 0.25) is 0 Å². The number of hydrogen-bond donors (Lipinski definition) is 0. The number of fused-ring (bicyclic) bond motifs is 8. The molecule has 0 amide bonds. The SMILES string of the molecule is c1ccc(-c2ccc(N(c3ccc(-c4cccc5c4oc4ccccc45)cc3)c3cc(N(c4ccc(-c5ccccc5)cc4)c4ccc(-c5cccc6c5oc5ccccc56)cc4)cc(N4c5ccccc5Oc5ccccc54)c3)cc2)cc1. The third-order valence-corrected chi connectivity index (χ3v) is 16.2. The second-order valence-electron chi connectivity index (χ2n) is 21.2. The van der Waals surface area contributed by atoms with E-state index in [0.29, 0.717) is 0 Å². The van der Waals surface area contributed by atoms with Crippen molar-refractivity contribution in [1.82, 2.24) is 0 Å². The van der Waals surface area contributed by atoms with Crippen molar-refractivity contribution in [3.05, 3.63) is 309 Å². The summed E-state index contributed by atoms with van der Waals surface area (Å²) in [4.78, 5) is 7.08. The standard InChI is InChI=1S/C78H51N3O3/c1-3-17-52(18-4-1)54-33-41-58(42-34-54)79(60-45-37-56(38-46-60)65-23-15-25-69-67-21-7-11-29-73(67)83-77(65)69)62-49-63(51-64(50-62)81-71-27-9-13-31-75(71)82-76-32-14-10-28-72(76)81)80(59-43-35-55(36-44-59)53-19-5-2-6-20-53)61-47-39-57(40-48-61)66-24-16-26-70-68-22-8-12-30-74(68)84-78(66)70/h1-51H. The van der Waals surface area contributed by atoms with Gasteiger partial charge in [0.1, 0.15) is 22.3 Å². The van der Waals surface area contributed by atoms with Gasteiger partial charge in [0, 0.05) is 55.4 Å². The van der Waals surface area contributed by atoms with E-state index in [1.165, 1.54) is 0 Å². The van der Waals surface area contributed by atoms with Crippen molar-refractivity contribution in [2.24, 2.45) is 0 Å². The first-order valence-corrected chi connectivity index (χ1v) is 28.4. The molecule has 1 aliphatic heterocycles. The Kier molecular flexibility index (Phi) is 11.8. The van der Waals surface area contributed by atoms with Gasteiger partial charge in [-0.15, -0.1) is 0 Å². The van der Waals surface area contributed by atoms with Crippen LogP contribution in [0.25, 0.3) is 88.4 Å². The van der Waals surface area contributed by atoms with Crippen LogP contribution in [0.5, 0.6) is 11.5 Å². The van der Waals surface area contributed by atoms with Crippen LogP contribution in [0.15, 0.2) is 318 Å². The minimum absolute atomic E-state index is 0.773. The molecule has 15 aromatic rings. The molecule has 0 unspecified atom stereocenters. The van der Waals surface area contributed by atoms with Crippen molar-refractivity contribution < 1.29 is 13.6 Å². The molecule has 16 rings (SSSR count). The molecule has 1 aliphatic rings. The lowest BCUT2D eigenvalue weighted by molar-refractivity contribution is 0.477. The van der Waals surface area contributed by atoms with E-state index in [1.807, 2.05) is 48.5 Å². The highest BCUT2D eigenvalue weighted by molar-refractivity contribution is 6.11. The molecule has 0 atom stereocenters. The summed E-state index contributed by atoms with van der Waals surface area (Å²) in [6, 6.07) is 110. The van der Waals surface area contributed by atoms with Gasteiger partial charge in [-0.05, 0) is 137 Å². The van der Waals surface area contributed by atoms with Crippen LogP contribution >= 0.6 is 0 Å². The molecular formula is C78H51N3O3. The Morgan fingerprint density at radius 3 is 1.02 bits per heavy atom. The van der Waals surface area contributed by atoms with Crippen LogP contribution in [-0.2, 0) is 0 Å². The van der Waals surface area contributed by atoms with Crippen molar-refractivity contribution in [2.75, 3.05) is 14.7 Å². The average Bonchev–Trinajstić information content (AvgIpc) is 2.92. The molecule has 0 saturated carbocycles. The second-order valence-corrected chi connectivity index (χ2v) is 21.2. The van der Waals surface area contributed by atoms with Gasteiger partial charge in [0.2, 0.25) is 0 Å². The maximum absolute atomic E-state index is 6.66. The zero-order valence-electron chi connectivity index (χ0n) is 45.5. The fourth-order valence-corrected chi connectivity index (χ4v) is 12.2. The second kappa shape index (κ2) is 20.3. The van der Waals surface area contributed by atoms with Gasteiger partial charge < -0.3 is 28.3 Å². The van der Waals surface area contributed by atoms with E-state index < -0.39 is 0 Å². The lowest BCUT2D eigenvalue weighted by atomic mass is 10.0. The number of furan rings is 2. The lowest BCUT2D eigenvalue weighted by Gasteiger charge is -2.35. The molecule has 396 valence electrons. The molecule has 0 fully saturated rings. The van der Waals surface area contributed by atoms with Crippen LogP contribution < -0.4 is 19.4 Å². The zero-order valence-corrected chi connectivity index (χ0v) is 45.5. The predicted molar refractivity (Wildman–Crippen MR) is 347 cm³/mol. The smallest absolute Gasteiger partial charge is 0.151 e. The first-order valence-electron chi connectivity index (χ1n) is 28.4. The summed E-state index contributed by atoms with van der Waals surface area (Å²) in [5, 5.41) is 4.41. The molecule has 6 nitrogen and oxygen atoms in total. The maximum Gasteiger partial charge on any atom is 0.151 e. The summed E-state index contributed by atoms with van der Waals surface area (Å²) in [7, 11) is 0. The van der Waals surface area contributed by atoms with Crippen molar-refractivity contribution in [1.29, 1.82) is 0 Å². The third-order valence-electron chi connectivity index (χ3n) is 16.2. The average molecular weight is 1080 g/mol. The topological polar surface area (TPSA) is 45.2 Å². The number of anilines is 9. The normalized spacial score (nSPS) is 11.9. The quantitative estimate of drug-likeness (QED) is 0.129. The minimum Gasteiger partial charge on any atom is -0.455 e. The number of ether oxygens (including phenoxy) is 1. The lowest BCUT2D eigenvalue weighted by Crippen LogP contribution is -2.18. The molecule has 2 aromatic heterocycles. The van der Waals surface area contributed by atoms with Crippen LogP contribution in [0.3, 0.4) is 0 Å². The molecule has 6 heteroatoms. The summed E-state index contributed by atoms with van der Waals surface area (Å²) in [6.45, 7) is 0. The molecule has 0 spiro atoms.